The third-order valence-electron chi connectivity index (χ3n) is 5.23. The quantitative estimate of drug-likeness (QED) is 0.138. The minimum atomic E-state index is -0.974. The van der Waals surface area contributed by atoms with Gasteiger partial charge in [-0.3, -0.25) is 0 Å². The Kier molecular flexibility index (Phi) is 16.3. The van der Waals surface area contributed by atoms with Gasteiger partial charge in [0, 0.05) is 17.6 Å². The number of carbonyl (C=O) groups is 4. The number of aromatic carboxylic acids is 2. The van der Waals surface area contributed by atoms with Gasteiger partial charge in [-0.15, -0.1) is 0 Å². The molecule has 2 N–H and O–H groups in total. The second-order valence-electron chi connectivity index (χ2n) is 8.96. The van der Waals surface area contributed by atoms with Crippen LogP contribution in [0.4, 0.5) is 0 Å². The number of rotatable bonds is 17. The van der Waals surface area contributed by atoms with Crippen molar-refractivity contribution >= 4 is 23.9 Å². The van der Waals surface area contributed by atoms with Crippen molar-refractivity contribution in [3.8, 4) is 11.5 Å². The Hall–Kier alpha value is -4.60. The van der Waals surface area contributed by atoms with Crippen LogP contribution in [-0.4, -0.2) is 60.5 Å². The van der Waals surface area contributed by atoms with Crippen molar-refractivity contribution in [2.24, 2.45) is 0 Å². The molecule has 0 aliphatic heterocycles. The molecule has 0 heterocycles. The summed E-state index contributed by atoms with van der Waals surface area (Å²) in [6.45, 7) is 11.8. The molecule has 0 saturated carbocycles. The minimum Gasteiger partial charge on any atom is -0.494 e. The van der Waals surface area contributed by atoms with Crippen LogP contribution in [-0.2, 0) is 19.1 Å². The van der Waals surface area contributed by atoms with Crippen molar-refractivity contribution in [3.63, 3.8) is 0 Å². The van der Waals surface area contributed by atoms with Crippen LogP contribution in [0, 0.1) is 0 Å². The van der Waals surface area contributed by atoms with Crippen LogP contribution in [0.15, 0.2) is 72.8 Å². The van der Waals surface area contributed by atoms with Gasteiger partial charge in [0.1, 0.15) is 11.5 Å². The third-order valence-corrected chi connectivity index (χ3v) is 5.23. The molecule has 0 unspecified atom stereocenters. The molecule has 0 spiro atoms. The molecule has 2 aromatic carbocycles. The lowest BCUT2D eigenvalue weighted by Crippen LogP contribution is -2.09. The lowest BCUT2D eigenvalue weighted by Gasteiger charge is -2.07. The number of esters is 2. The first-order chi connectivity index (χ1) is 19.5. The highest BCUT2D eigenvalue weighted by atomic mass is 16.5. The van der Waals surface area contributed by atoms with Crippen molar-refractivity contribution in [1.29, 1.82) is 0 Å². The summed E-state index contributed by atoms with van der Waals surface area (Å²) < 4.78 is 20.8. The molecule has 2 aromatic rings. The van der Waals surface area contributed by atoms with Crippen molar-refractivity contribution in [1.82, 2.24) is 0 Å². The zero-order chi connectivity index (χ0) is 30.6. The molecule has 41 heavy (non-hydrogen) atoms. The van der Waals surface area contributed by atoms with Crippen LogP contribution in [0.1, 0.15) is 66.7 Å². The van der Waals surface area contributed by atoms with E-state index in [1.165, 1.54) is 24.3 Å². The second-order valence-corrected chi connectivity index (χ2v) is 8.96. The lowest BCUT2D eigenvalue weighted by molar-refractivity contribution is -0.140. The third kappa shape index (κ3) is 15.5. The number of benzene rings is 2. The minimum absolute atomic E-state index is 0.211. The maximum atomic E-state index is 11.1. The van der Waals surface area contributed by atoms with Crippen LogP contribution >= 0.6 is 0 Å². The van der Waals surface area contributed by atoms with Crippen LogP contribution in [0.3, 0.4) is 0 Å². The van der Waals surface area contributed by atoms with Crippen LogP contribution < -0.4 is 9.47 Å². The first-order valence-corrected chi connectivity index (χ1v) is 13.1. The van der Waals surface area contributed by atoms with Gasteiger partial charge in [-0.05, 0) is 88.1 Å². The molecule has 0 aliphatic carbocycles. The zero-order valence-electron chi connectivity index (χ0n) is 23.6. The summed E-state index contributed by atoms with van der Waals surface area (Å²) in [7, 11) is 0. The molecule has 222 valence electrons. The van der Waals surface area contributed by atoms with E-state index in [1.54, 1.807) is 38.1 Å². The first kappa shape index (κ1) is 34.4. The molecule has 0 atom stereocenters. The predicted octanol–water partition coefficient (Wildman–Crippen LogP) is 5.72. The van der Waals surface area contributed by atoms with Crippen LogP contribution in [0.2, 0.25) is 0 Å². The van der Waals surface area contributed by atoms with E-state index in [2.05, 4.69) is 13.2 Å². The number of hydrogen-bond acceptors (Lipinski definition) is 8. The van der Waals surface area contributed by atoms with E-state index in [-0.39, 0.29) is 23.7 Å². The molecule has 10 nitrogen and oxygen atoms in total. The van der Waals surface area contributed by atoms with Gasteiger partial charge in [-0.25, -0.2) is 19.2 Å². The van der Waals surface area contributed by atoms with Gasteiger partial charge in [0.05, 0.1) is 37.6 Å². The lowest BCUT2D eigenvalue weighted by atomic mass is 10.2. The molecule has 0 aromatic heterocycles. The van der Waals surface area contributed by atoms with Gasteiger partial charge >= 0.3 is 23.9 Å². The smallest absolute Gasteiger partial charge is 0.335 e. The van der Waals surface area contributed by atoms with Gasteiger partial charge in [0.15, 0.2) is 0 Å². The number of ether oxygens (including phenoxy) is 4. The number of unbranched alkanes of at least 4 members (excludes halogenated alkanes) is 3. The Bertz CT molecular complexity index is 1150. The second kappa shape index (κ2) is 19.5. The summed E-state index contributed by atoms with van der Waals surface area (Å²) in [6.07, 6.45) is 4.23. The topological polar surface area (TPSA) is 146 Å². The maximum absolute atomic E-state index is 11.1. The fourth-order valence-electron chi connectivity index (χ4n) is 2.96. The van der Waals surface area contributed by atoms with E-state index < -0.39 is 17.9 Å². The fraction of sp³-hybridized carbons (Fsp3) is 0.355. The molecular weight excluding hydrogens is 532 g/mol. The van der Waals surface area contributed by atoms with Gasteiger partial charge in [0.25, 0.3) is 0 Å². The Morgan fingerprint density at radius 2 is 0.902 bits per heavy atom. The maximum Gasteiger partial charge on any atom is 0.335 e. The van der Waals surface area contributed by atoms with Gasteiger partial charge in [-0.1, -0.05) is 13.2 Å². The van der Waals surface area contributed by atoms with Crippen molar-refractivity contribution in [3.05, 3.63) is 84.0 Å². The monoisotopic (exact) mass is 570 g/mol. The van der Waals surface area contributed by atoms with Gasteiger partial charge in [-0.2, -0.15) is 0 Å². The molecule has 10 heteroatoms. The predicted molar refractivity (Wildman–Crippen MR) is 152 cm³/mol. The summed E-state index contributed by atoms with van der Waals surface area (Å²) in [4.78, 5) is 43.5. The van der Waals surface area contributed by atoms with E-state index in [0.29, 0.717) is 48.9 Å². The van der Waals surface area contributed by atoms with E-state index in [9.17, 15) is 19.2 Å². The average Bonchev–Trinajstić information content (AvgIpc) is 2.94. The SMILES string of the molecule is C=C(C)C(=O)OCCCCCCOc1ccc(C(=O)O)cc1.C=C(C)C(=O)OCCCOc1ccc(C(=O)O)cc1. The van der Waals surface area contributed by atoms with E-state index in [1.807, 2.05) is 0 Å². The van der Waals surface area contributed by atoms with Gasteiger partial charge in [0.2, 0.25) is 0 Å². The molecule has 0 aliphatic rings. The summed E-state index contributed by atoms with van der Waals surface area (Å²) in [6, 6.07) is 12.5. The highest BCUT2D eigenvalue weighted by molar-refractivity contribution is 5.88. The first-order valence-electron chi connectivity index (χ1n) is 13.1. The van der Waals surface area contributed by atoms with Crippen LogP contribution in [0.25, 0.3) is 0 Å². The van der Waals surface area contributed by atoms with Crippen molar-refractivity contribution in [2.45, 2.75) is 46.0 Å². The zero-order valence-corrected chi connectivity index (χ0v) is 23.6. The Morgan fingerprint density at radius 3 is 1.27 bits per heavy atom. The average molecular weight is 571 g/mol. The molecule has 0 saturated heterocycles. The summed E-state index contributed by atoms with van der Waals surface area (Å²) >= 11 is 0. The normalized spacial score (nSPS) is 9.90. The summed E-state index contributed by atoms with van der Waals surface area (Å²) in [5.74, 6) is -1.42. The Labute approximate surface area is 240 Å². The number of hydrogen-bond donors (Lipinski definition) is 2. The van der Waals surface area contributed by atoms with E-state index in [4.69, 9.17) is 29.2 Å². The Balaban J connectivity index is 0.000000414. The van der Waals surface area contributed by atoms with Crippen LogP contribution in [0.5, 0.6) is 11.5 Å². The molecular formula is C31H38O10. The van der Waals surface area contributed by atoms with Crippen molar-refractivity contribution in [2.75, 3.05) is 26.4 Å². The number of carboxylic acids is 2. The summed E-state index contributed by atoms with van der Waals surface area (Å²) in [5.41, 5.74) is 1.24. The highest BCUT2D eigenvalue weighted by Gasteiger charge is 2.05. The van der Waals surface area contributed by atoms with E-state index in [0.717, 1.165) is 25.7 Å². The fourth-order valence-corrected chi connectivity index (χ4v) is 2.96. The summed E-state index contributed by atoms with van der Waals surface area (Å²) in [5, 5.41) is 17.5. The number of carboxylic acid groups (broad SMARTS) is 2. The molecule has 0 bridgehead atoms. The highest BCUT2D eigenvalue weighted by Crippen LogP contribution is 2.14. The largest absolute Gasteiger partial charge is 0.494 e. The van der Waals surface area contributed by atoms with Gasteiger partial charge < -0.3 is 29.2 Å². The molecule has 0 fully saturated rings. The molecule has 2 rings (SSSR count). The van der Waals surface area contributed by atoms with E-state index >= 15 is 0 Å². The standard InChI is InChI=1S/C17H22O5.C14H16O5/c1-13(2)17(20)22-12-6-4-3-5-11-21-15-9-7-14(8-10-15)16(18)19;1-10(2)14(17)19-9-3-8-18-12-6-4-11(5-7-12)13(15)16/h7-10H,1,3-6,11-12H2,2H3,(H,18,19);4-7H,1,3,8-9H2,2H3,(H,15,16). The number of carbonyl (C=O) groups excluding carboxylic acids is 2. The van der Waals surface area contributed by atoms with Crippen molar-refractivity contribution < 1.29 is 48.3 Å². The molecule has 0 radical (unpaired) electrons. The molecule has 0 amide bonds. The Morgan fingerprint density at radius 1 is 0.561 bits per heavy atom.